The van der Waals surface area contributed by atoms with Crippen LogP contribution in [0.5, 0.6) is 0 Å². The molecule has 0 aliphatic carbocycles. The molecule has 5 aromatic carbocycles. The van der Waals surface area contributed by atoms with Gasteiger partial charge in [-0.15, -0.1) is 0 Å². The van der Waals surface area contributed by atoms with E-state index in [0.29, 0.717) is 11.8 Å². The Morgan fingerprint density at radius 1 is 0.435 bits per heavy atom. The summed E-state index contributed by atoms with van der Waals surface area (Å²) in [5.74, 6) is 0.916. The van der Waals surface area contributed by atoms with Crippen LogP contribution in [0.2, 0.25) is 0 Å². The van der Waals surface area contributed by atoms with Crippen molar-refractivity contribution >= 4 is 63.3 Å². The van der Waals surface area contributed by atoms with Crippen molar-refractivity contribution in [1.82, 2.24) is 0 Å². The predicted octanol–water partition coefficient (Wildman–Crippen LogP) is 7.22. The van der Waals surface area contributed by atoms with Gasteiger partial charge in [0, 0.05) is 17.1 Å². The van der Waals surface area contributed by atoms with Gasteiger partial charge in [0.05, 0.1) is 0 Å². The lowest BCUT2D eigenvalue weighted by Gasteiger charge is -2.45. The molecule has 0 amide bonds. The average molecular weight is 599 g/mol. The SMILES string of the molecule is Cc1cc(C)c(B2c3cc(C(C)C)ccc3N3c4ccc(C(C)C)cc4B(c4c(C)cc(C)cc4C)c4cc(C)cc2c43)c(C)c1. The van der Waals surface area contributed by atoms with Crippen LogP contribution in [0.15, 0.2) is 72.8 Å². The summed E-state index contributed by atoms with van der Waals surface area (Å²) in [6, 6.07) is 29.2. The largest absolute Gasteiger partial charge is 0.313 e. The molecule has 230 valence electrons. The highest BCUT2D eigenvalue weighted by molar-refractivity contribution is 7.02. The Morgan fingerprint density at radius 2 is 0.783 bits per heavy atom. The first-order chi connectivity index (χ1) is 21.8. The van der Waals surface area contributed by atoms with E-state index < -0.39 is 0 Å². The molecule has 3 heteroatoms. The summed E-state index contributed by atoms with van der Waals surface area (Å²) >= 11 is 0. The number of benzene rings is 5. The molecule has 0 unspecified atom stereocenters. The van der Waals surface area contributed by atoms with Gasteiger partial charge >= 0.3 is 0 Å². The van der Waals surface area contributed by atoms with Gasteiger partial charge in [-0.05, 0) is 105 Å². The molecule has 0 bridgehead atoms. The molecule has 1 nitrogen and oxygen atoms in total. The molecule has 0 atom stereocenters. The Hall–Kier alpha value is -3.97. The Bertz CT molecular complexity index is 1860. The van der Waals surface area contributed by atoms with E-state index in [1.165, 1.54) is 99.9 Å². The third-order valence-electron chi connectivity index (χ3n) is 10.8. The van der Waals surface area contributed by atoms with Gasteiger partial charge in [0.2, 0.25) is 13.4 Å². The zero-order chi connectivity index (χ0) is 32.8. The quantitative estimate of drug-likeness (QED) is 0.193. The van der Waals surface area contributed by atoms with Gasteiger partial charge < -0.3 is 4.90 Å². The van der Waals surface area contributed by atoms with Crippen LogP contribution in [0.4, 0.5) is 17.1 Å². The Kier molecular flexibility index (Phi) is 7.39. The number of nitrogens with zero attached hydrogens (tertiary/aromatic N) is 1. The second-order valence-electron chi connectivity index (χ2n) is 15.1. The Morgan fingerprint density at radius 3 is 1.13 bits per heavy atom. The molecular formula is C43H47B2N. The monoisotopic (exact) mass is 599 g/mol. The number of rotatable bonds is 4. The van der Waals surface area contributed by atoms with E-state index >= 15 is 0 Å². The zero-order valence-electron chi connectivity index (χ0n) is 29.7. The summed E-state index contributed by atoms with van der Waals surface area (Å²) in [6.07, 6.45) is 0. The topological polar surface area (TPSA) is 3.24 Å². The van der Waals surface area contributed by atoms with Crippen LogP contribution in [0.3, 0.4) is 0 Å². The minimum atomic E-state index is 0.163. The van der Waals surface area contributed by atoms with Crippen molar-refractivity contribution in [1.29, 1.82) is 0 Å². The van der Waals surface area contributed by atoms with E-state index in [4.69, 9.17) is 0 Å². The molecule has 0 radical (unpaired) electrons. The zero-order valence-corrected chi connectivity index (χ0v) is 29.7. The summed E-state index contributed by atoms with van der Waals surface area (Å²) in [4.78, 5) is 2.63. The first-order valence-corrected chi connectivity index (χ1v) is 17.2. The molecule has 0 fully saturated rings. The molecule has 2 aliphatic rings. The molecule has 0 saturated carbocycles. The number of anilines is 3. The lowest BCUT2D eigenvalue weighted by Crippen LogP contribution is -2.66. The first-order valence-electron chi connectivity index (χ1n) is 17.2. The van der Waals surface area contributed by atoms with Gasteiger partial charge in [0.15, 0.2) is 0 Å². The van der Waals surface area contributed by atoms with E-state index in [0.717, 1.165) is 0 Å². The summed E-state index contributed by atoms with van der Waals surface area (Å²) in [5, 5.41) is 0. The number of hydrogen-bond donors (Lipinski definition) is 0. The van der Waals surface area contributed by atoms with Gasteiger partial charge in [-0.1, -0.05) is 138 Å². The van der Waals surface area contributed by atoms with Gasteiger partial charge in [0.25, 0.3) is 0 Å². The minimum Gasteiger partial charge on any atom is -0.313 e. The van der Waals surface area contributed by atoms with Crippen LogP contribution in [0, 0.1) is 48.5 Å². The summed E-state index contributed by atoms with van der Waals surface area (Å²) in [5.41, 5.74) is 25.0. The van der Waals surface area contributed by atoms with Crippen LogP contribution >= 0.6 is 0 Å². The maximum atomic E-state index is 2.63. The Labute approximate surface area is 278 Å². The average Bonchev–Trinajstić information content (AvgIpc) is 2.97. The molecule has 7 rings (SSSR count). The molecule has 5 aromatic rings. The van der Waals surface area contributed by atoms with E-state index in [-0.39, 0.29) is 13.4 Å². The second kappa shape index (κ2) is 11.1. The van der Waals surface area contributed by atoms with E-state index in [1.807, 2.05) is 0 Å². The van der Waals surface area contributed by atoms with Crippen molar-refractivity contribution < 1.29 is 0 Å². The fourth-order valence-corrected chi connectivity index (χ4v) is 8.89. The van der Waals surface area contributed by atoms with Crippen LogP contribution < -0.4 is 37.7 Å². The third kappa shape index (κ3) is 4.69. The highest BCUT2D eigenvalue weighted by Gasteiger charge is 2.45. The third-order valence-corrected chi connectivity index (χ3v) is 10.8. The fraction of sp³-hybridized carbons (Fsp3) is 0.302. The minimum absolute atomic E-state index is 0.163. The molecule has 0 saturated heterocycles. The highest BCUT2D eigenvalue weighted by Crippen LogP contribution is 2.39. The second-order valence-corrected chi connectivity index (χ2v) is 15.1. The smallest absolute Gasteiger partial charge is 0.247 e. The lowest BCUT2D eigenvalue weighted by atomic mass is 9.29. The summed E-state index contributed by atoms with van der Waals surface area (Å²) in [7, 11) is 0. The van der Waals surface area contributed by atoms with Crippen LogP contribution in [-0.2, 0) is 0 Å². The van der Waals surface area contributed by atoms with Gasteiger partial charge in [-0.2, -0.15) is 0 Å². The first kappa shape index (κ1) is 30.7. The molecule has 2 aliphatic heterocycles. The Balaban J connectivity index is 1.64. The van der Waals surface area contributed by atoms with Crippen molar-refractivity contribution in [3.05, 3.63) is 123 Å². The fourth-order valence-electron chi connectivity index (χ4n) is 8.89. The number of aryl methyl sites for hydroxylation is 7. The van der Waals surface area contributed by atoms with Crippen LogP contribution in [-0.4, -0.2) is 13.4 Å². The normalized spacial score (nSPS) is 13.4. The molecule has 46 heavy (non-hydrogen) atoms. The van der Waals surface area contributed by atoms with Gasteiger partial charge in [0.1, 0.15) is 0 Å². The molecule has 0 N–H and O–H groups in total. The van der Waals surface area contributed by atoms with Gasteiger partial charge in [-0.3, -0.25) is 0 Å². The number of hydrogen-bond acceptors (Lipinski definition) is 1. The highest BCUT2D eigenvalue weighted by atomic mass is 15.2. The predicted molar refractivity (Wildman–Crippen MR) is 205 cm³/mol. The molecule has 2 heterocycles. The van der Waals surface area contributed by atoms with E-state index in [2.05, 4.69) is 154 Å². The van der Waals surface area contributed by atoms with Crippen LogP contribution in [0.1, 0.15) is 89.6 Å². The molecular weight excluding hydrogens is 552 g/mol. The van der Waals surface area contributed by atoms with Crippen molar-refractivity contribution in [3.8, 4) is 0 Å². The summed E-state index contributed by atoms with van der Waals surface area (Å²) < 4.78 is 0. The maximum Gasteiger partial charge on any atom is 0.247 e. The maximum absolute atomic E-state index is 2.63. The van der Waals surface area contributed by atoms with Crippen molar-refractivity contribution in [2.45, 2.75) is 88.0 Å². The lowest BCUT2D eigenvalue weighted by molar-refractivity contribution is 0.867. The summed E-state index contributed by atoms with van der Waals surface area (Å²) in [6.45, 7) is 25.6. The van der Waals surface area contributed by atoms with E-state index in [9.17, 15) is 0 Å². The van der Waals surface area contributed by atoms with Crippen molar-refractivity contribution in [3.63, 3.8) is 0 Å². The van der Waals surface area contributed by atoms with Gasteiger partial charge in [-0.25, -0.2) is 0 Å². The van der Waals surface area contributed by atoms with Crippen molar-refractivity contribution in [2.75, 3.05) is 4.90 Å². The number of fused-ring (bicyclic) bond motifs is 4. The molecule has 0 aromatic heterocycles. The molecule has 0 spiro atoms. The standard InChI is InChI=1S/C43H47B2N/c1-24(2)33-12-14-39-35(22-33)44(41-29(8)16-26(5)17-30(41)9)37-20-28(7)21-38-43(37)46(39)40-15-13-34(25(3)4)23-36(40)45(38)42-31(10)18-27(6)19-32(42)11/h12-25H,1-11H3. The van der Waals surface area contributed by atoms with Crippen molar-refractivity contribution in [2.24, 2.45) is 0 Å². The van der Waals surface area contributed by atoms with E-state index in [1.54, 1.807) is 0 Å². The van der Waals surface area contributed by atoms with Crippen LogP contribution in [0.25, 0.3) is 0 Å².